The van der Waals surface area contributed by atoms with Crippen LogP contribution in [0.1, 0.15) is 24.8 Å². The molecule has 4 heteroatoms. The Morgan fingerprint density at radius 2 is 1.93 bits per heavy atom. The highest BCUT2D eigenvalue weighted by molar-refractivity contribution is 9.10. The van der Waals surface area contributed by atoms with Crippen molar-refractivity contribution in [3.05, 3.63) is 22.2 Å². The SMILES string of the molecule is OCc1cc2c(cc1Br)OC1(CCC1)O2. The van der Waals surface area contributed by atoms with Crippen molar-refractivity contribution in [3.63, 3.8) is 0 Å². The van der Waals surface area contributed by atoms with Crippen LogP contribution in [0.25, 0.3) is 0 Å². The summed E-state index contributed by atoms with van der Waals surface area (Å²) in [7, 11) is 0. The van der Waals surface area contributed by atoms with Crippen LogP contribution in [0.2, 0.25) is 0 Å². The number of fused-ring (bicyclic) bond motifs is 1. The summed E-state index contributed by atoms with van der Waals surface area (Å²) in [6.45, 7) is 0.00419. The first-order valence-electron chi connectivity index (χ1n) is 5.04. The lowest BCUT2D eigenvalue weighted by Crippen LogP contribution is -2.45. The predicted octanol–water partition coefficient (Wildman–Crippen LogP) is 2.59. The number of halogens is 1. The van der Waals surface area contributed by atoms with E-state index < -0.39 is 5.79 Å². The number of hydrogen-bond donors (Lipinski definition) is 1. The molecular weight excluding hydrogens is 260 g/mol. The topological polar surface area (TPSA) is 38.7 Å². The Morgan fingerprint density at radius 1 is 1.27 bits per heavy atom. The third-order valence-corrected chi connectivity index (χ3v) is 3.73. The first-order valence-corrected chi connectivity index (χ1v) is 5.83. The fraction of sp³-hybridized carbons (Fsp3) is 0.455. The van der Waals surface area contributed by atoms with E-state index in [1.165, 1.54) is 0 Å². The minimum absolute atomic E-state index is 0.00419. The maximum atomic E-state index is 9.12. The summed E-state index contributed by atoms with van der Waals surface area (Å²) in [5, 5.41) is 9.12. The highest BCUT2D eigenvalue weighted by Gasteiger charge is 2.47. The van der Waals surface area contributed by atoms with Gasteiger partial charge in [0.1, 0.15) is 0 Å². The van der Waals surface area contributed by atoms with Crippen LogP contribution in [0.3, 0.4) is 0 Å². The molecule has 1 aliphatic heterocycles. The maximum Gasteiger partial charge on any atom is 0.251 e. The fourth-order valence-electron chi connectivity index (χ4n) is 1.95. The zero-order valence-corrected chi connectivity index (χ0v) is 9.71. The number of ether oxygens (including phenoxy) is 2. The van der Waals surface area contributed by atoms with Crippen molar-refractivity contribution in [1.82, 2.24) is 0 Å². The molecule has 1 spiro atoms. The highest BCUT2D eigenvalue weighted by atomic mass is 79.9. The summed E-state index contributed by atoms with van der Waals surface area (Å²) < 4.78 is 12.4. The summed E-state index contributed by atoms with van der Waals surface area (Å²) >= 11 is 3.39. The summed E-state index contributed by atoms with van der Waals surface area (Å²) in [5.41, 5.74) is 0.828. The van der Waals surface area contributed by atoms with Gasteiger partial charge in [-0.25, -0.2) is 0 Å². The molecule has 0 bridgehead atoms. The predicted molar refractivity (Wildman–Crippen MR) is 57.9 cm³/mol. The molecule has 80 valence electrons. The number of benzene rings is 1. The van der Waals surface area contributed by atoms with E-state index in [4.69, 9.17) is 14.6 Å². The molecule has 0 saturated heterocycles. The summed E-state index contributed by atoms with van der Waals surface area (Å²) in [6, 6.07) is 3.71. The van der Waals surface area contributed by atoms with E-state index in [0.717, 1.165) is 40.8 Å². The minimum atomic E-state index is -0.393. The number of aliphatic hydroxyl groups is 1. The van der Waals surface area contributed by atoms with Gasteiger partial charge in [-0.1, -0.05) is 15.9 Å². The molecule has 0 radical (unpaired) electrons. The van der Waals surface area contributed by atoms with Gasteiger partial charge in [-0.2, -0.15) is 0 Å². The van der Waals surface area contributed by atoms with Gasteiger partial charge in [-0.3, -0.25) is 0 Å². The molecule has 1 aromatic rings. The summed E-state index contributed by atoms with van der Waals surface area (Å²) in [5.74, 6) is 1.14. The Balaban J connectivity index is 1.99. The summed E-state index contributed by atoms with van der Waals surface area (Å²) in [4.78, 5) is 0. The van der Waals surface area contributed by atoms with Crippen molar-refractivity contribution in [2.75, 3.05) is 0 Å². The van der Waals surface area contributed by atoms with E-state index in [-0.39, 0.29) is 6.61 Å². The Morgan fingerprint density at radius 3 is 2.47 bits per heavy atom. The lowest BCUT2D eigenvalue weighted by molar-refractivity contribution is -0.138. The van der Waals surface area contributed by atoms with Crippen LogP contribution >= 0.6 is 15.9 Å². The van der Waals surface area contributed by atoms with Crippen LogP contribution in [-0.4, -0.2) is 10.9 Å². The van der Waals surface area contributed by atoms with Crippen molar-refractivity contribution in [2.24, 2.45) is 0 Å². The van der Waals surface area contributed by atoms with Gasteiger partial charge in [0.2, 0.25) is 0 Å². The van der Waals surface area contributed by atoms with Crippen molar-refractivity contribution < 1.29 is 14.6 Å². The molecule has 1 N–H and O–H groups in total. The summed E-state index contributed by atoms with van der Waals surface area (Å²) in [6.07, 6.45) is 3.06. The van der Waals surface area contributed by atoms with Gasteiger partial charge < -0.3 is 14.6 Å². The third-order valence-electron chi connectivity index (χ3n) is 2.99. The minimum Gasteiger partial charge on any atom is -0.448 e. The zero-order chi connectivity index (χ0) is 10.5. The monoisotopic (exact) mass is 270 g/mol. The van der Waals surface area contributed by atoms with E-state index in [2.05, 4.69) is 15.9 Å². The van der Waals surface area contributed by atoms with E-state index in [0.29, 0.717) is 0 Å². The largest absolute Gasteiger partial charge is 0.448 e. The Kier molecular flexibility index (Phi) is 1.97. The van der Waals surface area contributed by atoms with Gasteiger partial charge in [0.25, 0.3) is 5.79 Å². The fourth-order valence-corrected chi connectivity index (χ4v) is 2.40. The van der Waals surface area contributed by atoms with Crippen molar-refractivity contribution in [2.45, 2.75) is 31.7 Å². The van der Waals surface area contributed by atoms with E-state index in [1.54, 1.807) is 0 Å². The molecule has 1 fully saturated rings. The molecule has 2 aliphatic rings. The zero-order valence-electron chi connectivity index (χ0n) is 8.12. The van der Waals surface area contributed by atoms with Crippen molar-refractivity contribution in [1.29, 1.82) is 0 Å². The van der Waals surface area contributed by atoms with Crippen LogP contribution in [-0.2, 0) is 6.61 Å². The van der Waals surface area contributed by atoms with Gasteiger partial charge in [0.15, 0.2) is 11.5 Å². The molecule has 0 atom stereocenters. The van der Waals surface area contributed by atoms with Crippen LogP contribution in [0, 0.1) is 0 Å². The van der Waals surface area contributed by atoms with Crippen molar-refractivity contribution in [3.8, 4) is 11.5 Å². The molecule has 1 aliphatic carbocycles. The second-order valence-corrected chi connectivity index (χ2v) is 4.87. The molecule has 1 saturated carbocycles. The van der Waals surface area contributed by atoms with Gasteiger partial charge in [-0.05, 0) is 24.1 Å². The van der Waals surface area contributed by atoms with Crippen LogP contribution in [0.15, 0.2) is 16.6 Å². The molecule has 3 nitrogen and oxygen atoms in total. The second-order valence-electron chi connectivity index (χ2n) is 4.02. The Hall–Kier alpha value is -0.740. The lowest BCUT2D eigenvalue weighted by atomic mass is 9.91. The number of aliphatic hydroxyl groups excluding tert-OH is 1. The highest BCUT2D eigenvalue weighted by Crippen LogP contribution is 2.49. The molecule has 15 heavy (non-hydrogen) atoms. The van der Waals surface area contributed by atoms with Gasteiger partial charge in [0.05, 0.1) is 6.61 Å². The second kappa shape index (κ2) is 3.12. The van der Waals surface area contributed by atoms with Gasteiger partial charge >= 0.3 is 0 Å². The first-order chi connectivity index (χ1) is 7.22. The standard InChI is InChI=1S/C11H11BrO3/c12-8-5-10-9(4-7(8)6-13)14-11(15-10)2-1-3-11/h4-5,13H,1-3,6H2. The van der Waals surface area contributed by atoms with Gasteiger partial charge in [-0.15, -0.1) is 0 Å². The first kappa shape index (κ1) is 9.48. The Bertz CT molecular complexity index is 413. The quantitative estimate of drug-likeness (QED) is 0.853. The van der Waals surface area contributed by atoms with Gasteiger partial charge in [0, 0.05) is 17.3 Å². The Labute approximate surface area is 96.1 Å². The van der Waals surface area contributed by atoms with Crippen LogP contribution in [0.4, 0.5) is 0 Å². The average molecular weight is 271 g/mol. The van der Waals surface area contributed by atoms with Crippen molar-refractivity contribution >= 4 is 15.9 Å². The molecular formula is C11H11BrO3. The number of hydrogen-bond acceptors (Lipinski definition) is 3. The number of rotatable bonds is 1. The van der Waals surface area contributed by atoms with E-state index >= 15 is 0 Å². The lowest BCUT2D eigenvalue weighted by Gasteiger charge is -2.35. The molecule has 1 aromatic carbocycles. The maximum absolute atomic E-state index is 9.12. The molecule has 0 unspecified atom stereocenters. The average Bonchev–Trinajstić information content (AvgIpc) is 2.54. The molecule has 1 heterocycles. The smallest absolute Gasteiger partial charge is 0.251 e. The van der Waals surface area contributed by atoms with E-state index in [1.807, 2.05) is 12.1 Å². The van der Waals surface area contributed by atoms with Crippen LogP contribution < -0.4 is 9.47 Å². The molecule has 0 aromatic heterocycles. The molecule has 0 amide bonds. The van der Waals surface area contributed by atoms with E-state index in [9.17, 15) is 0 Å². The van der Waals surface area contributed by atoms with Crippen LogP contribution in [0.5, 0.6) is 11.5 Å². The third kappa shape index (κ3) is 1.35. The molecule has 3 rings (SSSR count). The normalized spacial score (nSPS) is 20.4.